The van der Waals surface area contributed by atoms with Crippen LogP contribution in [0.2, 0.25) is 0 Å². The summed E-state index contributed by atoms with van der Waals surface area (Å²) in [7, 11) is 0. The first-order valence-electron chi connectivity index (χ1n) is 6.10. The van der Waals surface area contributed by atoms with Crippen LogP contribution < -0.4 is 5.32 Å². The number of nitrogens with one attached hydrogen (secondary N) is 1. The standard InChI is InChI=1S/C13H13N3O2S/c17-12(9-4-2-1-3-5-9)18-11-6-10(7-11)15-13-16-14-8-19-13/h1-5,8,10-11H,6-7H2,(H,15,16). The molecule has 0 atom stereocenters. The monoisotopic (exact) mass is 275 g/mol. The Morgan fingerprint density at radius 3 is 2.79 bits per heavy atom. The lowest BCUT2D eigenvalue weighted by atomic mass is 9.89. The van der Waals surface area contributed by atoms with Gasteiger partial charge in [0.05, 0.1) is 5.56 Å². The number of benzene rings is 1. The van der Waals surface area contributed by atoms with E-state index in [0.717, 1.165) is 18.0 Å². The molecular formula is C13H13N3O2S. The smallest absolute Gasteiger partial charge is 0.338 e. The quantitative estimate of drug-likeness (QED) is 0.868. The van der Waals surface area contributed by atoms with Crippen LogP contribution in [0, 0.1) is 0 Å². The van der Waals surface area contributed by atoms with E-state index in [9.17, 15) is 4.79 Å². The van der Waals surface area contributed by atoms with Gasteiger partial charge in [-0.3, -0.25) is 0 Å². The van der Waals surface area contributed by atoms with Crippen molar-refractivity contribution in [2.75, 3.05) is 5.32 Å². The van der Waals surface area contributed by atoms with Gasteiger partial charge in [-0.15, -0.1) is 10.2 Å². The molecule has 19 heavy (non-hydrogen) atoms. The van der Waals surface area contributed by atoms with Crippen LogP contribution >= 0.6 is 11.3 Å². The van der Waals surface area contributed by atoms with Crippen LogP contribution in [0.3, 0.4) is 0 Å². The molecule has 3 rings (SSSR count). The maximum atomic E-state index is 11.8. The SMILES string of the molecule is O=C(OC1CC(Nc2nncs2)C1)c1ccccc1. The van der Waals surface area contributed by atoms with Gasteiger partial charge in [0.15, 0.2) is 0 Å². The van der Waals surface area contributed by atoms with Crippen molar-refractivity contribution in [1.29, 1.82) is 0 Å². The predicted octanol–water partition coefficient (Wildman–Crippen LogP) is 2.34. The molecule has 1 aliphatic carbocycles. The Labute approximate surface area is 114 Å². The molecule has 1 aliphatic rings. The zero-order valence-corrected chi connectivity index (χ0v) is 11.0. The number of rotatable bonds is 4. The summed E-state index contributed by atoms with van der Waals surface area (Å²) in [6, 6.07) is 9.38. The molecule has 0 aliphatic heterocycles. The lowest BCUT2D eigenvalue weighted by Crippen LogP contribution is -2.41. The van der Waals surface area contributed by atoms with Crippen LogP contribution in [0.4, 0.5) is 5.13 Å². The van der Waals surface area contributed by atoms with E-state index < -0.39 is 0 Å². The molecule has 1 aromatic carbocycles. The fourth-order valence-corrected chi connectivity index (χ4v) is 2.51. The van der Waals surface area contributed by atoms with Crippen LogP contribution in [0.15, 0.2) is 35.8 Å². The largest absolute Gasteiger partial charge is 0.459 e. The van der Waals surface area contributed by atoms with E-state index in [-0.39, 0.29) is 12.1 Å². The molecule has 0 bridgehead atoms. The molecule has 5 nitrogen and oxygen atoms in total. The maximum Gasteiger partial charge on any atom is 0.338 e. The second-order valence-corrected chi connectivity index (χ2v) is 5.28. The number of ether oxygens (including phenoxy) is 1. The van der Waals surface area contributed by atoms with Gasteiger partial charge in [-0.25, -0.2) is 4.79 Å². The molecular weight excluding hydrogens is 262 g/mol. The van der Waals surface area contributed by atoms with E-state index >= 15 is 0 Å². The Bertz CT molecular complexity index is 538. The molecule has 6 heteroatoms. The third-order valence-electron chi connectivity index (χ3n) is 3.07. The highest BCUT2D eigenvalue weighted by atomic mass is 32.1. The van der Waals surface area contributed by atoms with Crippen molar-refractivity contribution in [2.45, 2.75) is 25.0 Å². The van der Waals surface area contributed by atoms with Crippen LogP contribution in [0.5, 0.6) is 0 Å². The first-order chi connectivity index (χ1) is 9.31. The summed E-state index contributed by atoms with van der Waals surface area (Å²) in [6.07, 6.45) is 1.63. The van der Waals surface area contributed by atoms with Crippen LogP contribution in [0.1, 0.15) is 23.2 Å². The summed E-state index contributed by atoms with van der Waals surface area (Å²) in [4.78, 5) is 11.8. The number of hydrogen-bond donors (Lipinski definition) is 1. The third kappa shape index (κ3) is 2.90. The fourth-order valence-electron chi connectivity index (χ4n) is 1.98. The maximum absolute atomic E-state index is 11.8. The summed E-state index contributed by atoms with van der Waals surface area (Å²) in [5.41, 5.74) is 2.29. The van der Waals surface area contributed by atoms with E-state index in [4.69, 9.17) is 4.74 Å². The first kappa shape index (κ1) is 12.1. The third-order valence-corrected chi connectivity index (χ3v) is 3.69. The molecule has 1 fully saturated rings. The number of anilines is 1. The van der Waals surface area contributed by atoms with Gasteiger partial charge >= 0.3 is 5.97 Å². The van der Waals surface area contributed by atoms with Gasteiger partial charge in [-0.05, 0) is 12.1 Å². The summed E-state index contributed by atoms with van der Waals surface area (Å²) >= 11 is 1.47. The Hall–Kier alpha value is -1.95. The summed E-state index contributed by atoms with van der Waals surface area (Å²) in [5.74, 6) is -0.250. The molecule has 98 valence electrons. The zero-order chi connectivity index (χ0) is 13.1. The lowest BCUT2D eigenvalue weighted by Gasteiger charge is -2.34. The highest BCUT2D eigenvalue weighted by molar-refractivity contribution is 7.13. The van der Waals surface area contributed by atoms with Gasteiger partial charge in [0.25, 0.3) is 0 Å². The number of hydrogen-bond acceptors (Lipinski definition) is 6. The Balaban J connectivity index is 1.45. The number of carbonyl (C=O) groups excluding carboxylic acids is 1. The van der Waals surface area contributed by atoms with Crippen molar-refractivity contribution in [3.05, 3.63) is 41.4 Å². The zero-order valence-electron chi connectivity index (χ0n) is 10.2. The van der Waals surface area contributed by atoms with Gasteiger partial charge in [0, 0.05) is 18.9 Å². The first-order valence-corrected chi connectivity index (χ1v) is 6.98. The predicted molar refractivity (Wildman–Crippen MR) is 72.2 cm³/mol. The molecule has 2 aromatic rings. The van der Waals surface area contributed by atoms with Gasteiger partial charge in [-0.1, -0.05) is 29.5 Å². The summed E-state index contributed by atoms with van der Waals surface area (Å²) < 4.78 is 5.41. The average Bonchev–Trinajstić information content (AvgIpc) is 2.90. The van der Waals surface area contributed by atoms with E-state index in [1.165, 1.54) is 11.3 Å². The van der Waals surface area contributed by atoms with E-state index in [0.29, 0.717) is 11.6 Å². The molecule has 1 aromatic heterocycles. The van der Waals surface area contributed by atoms with Crippen molar-refractivity contribution < 1.29 is 9.53 Å². The minimum absolute atomic E-state index is 0.00173. The molecule has 0 amide bonds. The van der Waals surface area contributed by atoms with Gasteiger partial charge < -0.3 is 10.1 Å². The van der Waals surface area contributed by atoms with E-state index in [1.807, 2.05) is 18.2 Å². The number of esters is 1. The van der Waals surface area contributed by atoms with Crippen LogP contribution in [-0.4, -0.2) is 28.3 Å². The van der Waals surface area contributed by atoms with Crippen molar-refractivity contribution in [3.8, 4) is 0 Å². The second-order valence-electron chi connectivity index (χ2n) is 4.45. The average molecular weight is 275 g/mol. The lowest BCUT2D eigenvalue weighted by molar-refractivity contribution is 0.00549. The summed E-state index contributed by atoms with van der Waals surface area (Å²) in [5, 5.41) is 11.8. The van der Waals surface area contributed by atoms with Gasteiger partial charge in [0.2, 0.25) is 5.13 Å². The van der Waals surface area contributed by atoms with Crippen LogP contribution in [0.25, 0.3) is 0 Å². The number of aromatic nitrogens is 2. The molecule has 0 radical (unpaired) electrons. The van der Waals surface area contributed by atoms with Crippen molar-refractivity contribution in [3.63, 3.8) is 0 Å². The van der Waals surface area contributed by atoms with Crippen molar-refractivity contribution in [1.82, 2.24) is 10.2 Å². The second kappa shape index (κ2) is 5.36. The van der Waals surface area contributed by atoms with Crippen molar-refractivity contribution >= 4 is 22.4 Å². The van der Waals surface area contributed by atoms with Gasteiger partial charge in [-0.2, -0.15) is 0 Å². The highest BCUT2D eigenvalue weighted by Gasteiger charge is 2.32. The molecule has 0 saturated heterocycles. The topological polar surface area (TPSA) is 64.1 Å². The molecule has 1 heterocycles. The molecule has 1 N–H and O–H groups in total. The Kier molecular flexibility index (Phi) is 3.41. The minimum atomic E-state index is -0.250. The Morgan fingerprint density at radius 1 is 1.32 bits per heavy atom. The number of carbonyl (C=O) groups is 1. The molecule has 0 spiro atoms. The van der Waals surface area contributed by atoms with Gasteiger partial charge in [0.1, 0.15) is 11.6 Å². The molecule has 1 saturated carbocycles. The summed E-state index contributed by atoms with van der Waals surface area (Å²) in [6.45, 7) is 0. The van der Waals surface area contributed by atoms with E-state index in [1.54, 1.807) is 17.6 Å². The Morgan fingerprint density at radius 2 is 2.11 bits per heavy atom. The number of nitrogens with zero attached hydrogens (tertiary/aromatic N) is 2. The van der Waals surface area contributed by atoms with Crippen molar-refractivity contribution in [2.24, 2.45) is 0 Å². The highest BCUT2D eigenvalue weighted by Crippen LogP contribution is 2.27. The van der Waals surface area contributed by atoms with E-state index in [2.05, 4.69) is 15.5 Å². The molecule has 0 unspecified atom stereocenters. The minimum Gasteiger partial charge on any atom is -0.459 e. The fraction of sp³-hybridized carbons (Fsp3) is 0.308. The van der Waals surface area contributed by atoms with Crippen LogP contribution in [-0.2, 0) is 4.74 Å². The normalized spacial score (nSPS) is 21.5.